The van der Waals surface area contributed by atoms with Crippen molar-refractivity contribution in [3.63, 3.8) is 0 Å². The average Bonchev–Trinajstić information content (AvgIpc) is 2.92. The molecule has 0 saturated carbocycles. The molecule has 5 nitrogen and oxygen atoms in total. The van der Waals surface area contributed by atoms with E-state index in [-0.39, 0.29) is 30.8 Å². The second-order valence-corrected chi connectivity index (χ2v) is 8.59. The van der Waals surface area contributed by atoms with Crippen LogP contribution in [-0.4, -0.2) is 24.3 Å². The van der Waals surface area contributed by atoms with E-state index in [1.165, 1.54) is 6.07 Å². The molecule has 0 aliphatic heterocycles. The monoisotopic (exact) mass is 497 g/mol. The van der Waals surface area contributed by atoms with Crippen molar-refractivity contribution in [3.05, 3.63) is 132 Å². The van der Waals surface area contributed by atoms with Crippen LogP contribution in [0, 0.1) is 5.82 Å². The Kier molecular flexibility index (Phi) is 9.16. The van der Waals surface area contributed by atoms with Crippen molar-refractivity contribution in [2.45, 2.75) is 25.5 Å². The van der Waals surface area contributed by atoms with Crippen LogP contribution in [0.5, 0.6) is 11.5 Å². The van der Waals surface area contributed by atoms with Crippen LogP contribution < -0.4 is 10.1 Å². The molecular formula is C31H28FNO4. The molecular weight excluding hydrogens is 469 g/mol. The van der Waals surface area contributed by atoms with Gasteiger partial charge in [0.05, 0.1) is 19.6 Å². The van der Waals surface area contributed by atoms with E-state index in [9.17, 15) is 14.0 Å². The van der Waals surface area contributed by atoms with Crippen LogP contribution in [0.25, 0.3) is 0 Å². The van der Waals surface area contributed by atoms with Crippen LogP contribution in [0.15, 0.2) is 109 Å². The maximum Gasteiger partial charge on any atom is 0.225 e. The van der Waals surface area contributed by atoms with E-state index in [1.54, 1.807) is 30.3 Å². The van der Waals surface area contributed by atoms with Gasteiger partial charge in [-0.3, -0.25) is 9.59 Å². The topological polar surface area (TPSA) is 64.6 Å². The van der Waals surface area contributed by atoms with Gasteiger partial charge < -0.3 is 14.8 Å². The Bertz CT molecular complexity index is 1290. The highest BCUT2D eigenvalue weighted by Gasteiger charge is 2.22. The highest BCUT2D eigenvalue weighted by Crippen LogP contribution is 2.21. The third-order valence-corrected chi connectivity index (χ3v) is 5.71. The van der Waals surface area contributed by atoms with Gasteiger partial charge in [-0.25, -0.2) is 4.39 Å². The van der Waals surface area contributed by atoms with E-state index < -0.39 is 17.8 Å². The lowest BCUT2D eigenvalue weighted by molar-refractivity contribution is -0.128. The number of halogens is 1. The van der Waals surface area contributed by atoms with Gasteiger partial charge in [-0.1, -0.05) is 78.9 Å². The van der Waals surface area contributed by atoms with Gasteiger partial charge in [0.25, 0.3) is 0 Å². The number of carbonyl (C=O) groups is 2. The summed E-state index contributed by atoms with van der Waals surface area (Å²) in [5.74, 6) is 0.270. The molecule has 1 amide bonds. The summed E-state index contributed by atoms with van der Waals surface area (Å²) in [6, 6.07) is 31.4. The molecule has 0 radical (unpaired) electrons. The lowest BCUT2D eigenvalue weighted by atomic mass is 10.0. The number of ketones is 1. The standard InChI is InChI=1S/C31H28FNO4/c32-28-14-8-7-11-25(28)20-31(35)33-29(22-36-21-24-9-3-1-4-10-24)30(34)19-23-15-17-27(18-16-23)37-26-12-5-2-6-13-26/h1-18,29H,19-22H2,(H,33,35)/t29-/m0/s1. The van der Waals surface area contributed by atoms with E-state index in [4.69, 9.17) is 9.47 Å². The first-order valence-corrected chi connectivity index (χ1v) is 12.1. The number of hydrogen-bond acceptors (Lipinski definition) is 4. The number of benzene rings is 4. The Balaban J connectivity index is 1.39. The fourth-order valence-electron chi connectivity index (χ4n) is 3.77. The van der Waals surface area contributed by atoms with Crippen molar-refractivity contribution >= 4 is 11.7 Å². The summed E-state index contributed by atoms with van der Waals surface area (Å²) < 4.78 is 25.6. The molecule has 0 unspecified atom stereocenters. The normalized spacial score (nSPS) is 11.5. The number of hydrogen-bond donors (Lipinski definition) is 1. The molecule has 188 valence electrons. The lowest BCUT2D eigenvalue weighted by Crippen LogP contribution is -2.45. The van der Waals surface area contributed by atoms with E-state index in [0.717, 1.165) is 16.9 Å². The van der Waals surface area contributed by atoms with E-state index >= 15 is 0 Å². The molecule has 0 fully saturated rings. The highest BCUT2D eigenvalue weighted by molar-refractivity contribution is 5.91. The first-order chi connectivity index (χ1) is 18.1. The third-order valence-electron chi connectivity index (χ3n) is 5.71. The number of rotatable bonds is 12. The lowest BCUT2D eigenvalue weighted by Gasteiger charge is -2.18. The summed E-state index contributed by atoms with van der Waals surface area (Å²) in [6.45, 7) is 0.311. The third kappa shape index (κ3) is 8.12. The van der Waals surface area contributed by atoms with Crippen LogP contribution in [-0.2, 0) is 33.8 Å². The van der Waals surface area contributed by atoms with Crippen molar-refractivity contribution in [2.24, 2.45) is 0 Å². The molecule has 0 aliphatic rings. The number of para-hydroxylation sites is 1. The minimum absolute atomic E-state index is 0.00589. The molecule has 0 aliphatic carbocycles. The predicted octanol–water partition coefficient (Wildman–Crippen LogP) is 5.67. The number of Topliss-reactive ketones (excluding diaryl/α,β-unsaturated/α-hetero) is 1. The van der Waals surface area contributed by atoms with Crippen molar-refractivity contribution in [3.8, 4) is 11.5 Å². The van der Waals surface area contributed by atoms with E-state index in [2.05, 4.69) is 5.32 Å². The van der Waals surface area contributed by atoms with Crippen molar-refractivity contribution in [1.29, 1.82) is 0 Å². The summed E-state index contributed by atoms with van der Waals surface area (Å²) in [6.07, 6.45) is -0.0639. The van der Waals surface area contributed by atoms with Gasteiger partial charge in [-0.2, -0.15) is 0 Å². The summed E-state index contributed by atoms with van der Waals surface area (Å²) in [4.78, 5) is 25.9. The average molecular weight is 498 g/mol. The minimum atomic E-state index is -0.872. The van der Waals surface area contributed by atoms with Crippen LogP contribution in [0.1, 0.15) is 16.7 Å². The predicted molar refractivity (Wildman–Crippen MR) is 140 cm³/mol. The second kappa shape index (κ2) is 13.1. The minimum Gasteiger partial charge on any atom is -0.457 e. The Morgan fingerprint density at radius 3 is 2.03 bits per heavy atom. The van der Waals surface area contributed by atoms with Crippen molar-refractivity contribution in [1.82, 2.24) is 5.32 Å². The zero-order chi connectivity index (χ0) is 25.9. The molecule has 0 saturated heterocycles. The van der Waals surface area contributed by atoms with Crippen LogP contribution in [0.2, 0.25) is 0 Å². The van der Waals surface area contributed by atoms with Crippen molar-refractivity contribution in [2.75, 3.05) is 6.61 Å². The molecule has 6 heteroatoms. The van der Waals surface area contributed by atoms with Gasteiger partial charge in [-0.15, -0.1) is 0 Å². The van der Waals surface area contributed by atoms with Gasteiger partial charge in [-0.05, 0) is 47.0 Å². The smallest absolute Gasteiger partial charge is 0.225 e. The molecule has 4 rings (SSSR count). The number of amides is 1. The number of nitrogens with one attached hydrogen (secondary N) is 1. The maximum atomic E-state index is 14.0. The van der Waals surface area contributed by atoms with Gasteiger partial charge in [0.1, 0.15) is 23.4 Å². The summed E-state index contributed by atoms with van der Waals surface area (Å²) >= 11 is 0. The summed E-state index contributed by atoms with van der Waals surface area (Å²) in [5.41, 5.74) is 2.01. The fraction of sp³-hybridized carbons (Fsp3) is 0.161. The van der Waals surface area contributed by atoms with Gasteiger partial charge in [0.2, 0.25) is 5.91 Å². The van der Waals surface area contributed by atoms with Gasteiger partial charge in [0.15, 0.2) is 5.78 Å². The Morgan fingerprint density at radius 2 is 1.32 bits per heavy atom. The molecule has 1 atom stereocenters. The van der Waals surface area contributed by atoms with E-state index in [1.807, 2.05) is 72.8 Å². The van der Waals surface area contributed by atoms with Crippen LogP contribution in [0.3, 0.4) is 0 Å². The quantitative estimate of drug-likeness (QED) is 0.274. The summed E-state index contributed by atoms with van der Waals surface area (Å²) in [5, 5.41) is 2.74. The molecule has 0 bridgehead atoms. The van der Waals surface area contributed by atoms with E-state index in [0.29, 0.717) is 12.4 Å². The van der Waals surface area contributed by atoms with Gasteiger partial charge in [0, 0.05) is 6.42 Å². The van der Waals surface area contributed by atoms with Gasteiger partial charge >= 0.3 is 0 Å². The largest absolute Gasteiger partial charge is 0.457 e. The molecule has 4 aromatic carbocycles. The molecule has 4 aromatic rings. The second-order valence-electron chi connectivity index (χ2n) is 8.59. The first kappa shape index (κ1) is 25.8. The summed E-state index contributed by atoms with van der Waals surface area (Å²) in [7, 11) is 0. The Labute approximate surface area is 215 Å². The maximum absolute atomic E-state index is 14.0. The molecule has 1 N–H and O–H groups in total. The highest BCUT2D eigenvalue weighted by atomic mass is 19.1. The number of carbonyl (C=O) groups excluding carboxylic acids is 2. The Hall–Kier alpha value is -4.29. The van der Waals surface area contributed by atoms with Crippen molar-refractivity contribution < 1.29 is 23.5 Å². The molecule has 0 spiro atoms. The zero-order valence-corrected chi connectivity index (χ0v) is 20.3. The van der Waals surface area contributed by atoms with Crippen LogP contribution in [0.4, 0.5) is 4.39 Å². The molecule has 0 heterocycles. The fourth-order valence-corrected chi connectivity index (χ4v) is 3.77. The first-order valence-electron chi connectivity index (χ1n) is 12.1. The Morgan fingerprint density at radius 1 is 0.703 bits per heavy atom. The SMILES string of the molecule is O=C(Cc1ccccc1F)N[C@@H](COCc1ccccc1)C(=O)Cc1ccc(Oc2ccccc2)cc1. The zero-order valence-electron chi connectivity index (χ0n) is 20.3. The molecule has 0 aromatic heterocycles. The number of ether oxygens (including phenoxy) is 2. The molecule has 37 heavy (non-hydrogen) atoms. The van der Waals surface area contributed by atoms with Crippen LogP contribution >= 0.6 is 0 Å².